The van der Waals surface area contributed by atoms with E-state index in [-0.39, 0.29) is 23.8 Å². The zero-order valence-corrected chi connectivity index (χ0v) is 19.5. The SMILES string of the molecule is C\C=C/C(=N\C(F)=C\CC)C(N=C(CNC(=O)c1cc(C(F)(F)F)nn1C)OC)=C(C)CC. The number of rotatable bonds is 9. The molecule has 1 aromatic heterocycles. The molecule has 1 heterocycles. The summed E-state index contributed by atoms with van der Waals surface area (Å²) in [5.41, 5.74) is -0.0312. The van der Waals surface area contributed by atoms with Crippen LogP contribution in [0.4, 0.5) is 17.6 Å². The molecule has 0 spiro atoms. The van der Waals surface area contributed by atoms with E-state index in [4.69, 9.17) is 4.74 Å². The highest BCUT2D eigenvalue weighted by atomic mass is 19.4. The lowest BCUT2D eigenvalue weighted by Crippen LogP contribution is -2.31. The van der Waals surface area contributed by atoms with Crippen molar-refractivity contribution < 1.29 is 27.1 Å². The largest absolute Gasteiger partial charge is 0.483 e. The number of aliphatic imine (C=N–C) groups is 2. The van der Waals surface area contributed by atoms with Gasteiger partial charge in [-0.3, -0.25) is 9.48 Å². The van der Waals surface area contributed by atoms with Crippen molar-refractivity contribution in [1.29, 1.82) is 0 Å². The van der Waals surface area contributed by atoms with Gasteiger partial charge in [-0.25, -0.2) is 9.98 Å². The number of hydrogen-bond acceptors (Lipinski definition) is 5. The number of carbonyl (C=O) groups is 1. The minimum Gasteiger partial charge on any atom is -0.483 e. The Morgan fingerprint density at radius 3 is 2.45 bits per heavy atom. The number of amides is 1. The average molecular weight is 471 g/mol. The van der Waals surface area contributed by atoms with Crippen LogP contribution in [0.5, 0.6) is 0 Å². The van der Waals surface area contributed by atoms with Gasteiger partial charge in [-0.05, 0) is 44.4 Å². The number of aryl methyl sites for hydroxylation is 1. The smallest absolute Gasteiger partial charge is 0.435 e. The number of nitrogens with zero attached hydrogens (tertiary/aromatic N) is 4. The quantitative estimate of drug-likeness (QED) is 0.235. The van der Waals surface area contributed by atoms with Crippen molar-refractivity contribution in [2.24, 2.45) is 17.0 Å². The number of allylic oxidation sites excluding steroid dienone is 4. The van der Waals surface area contributed by atoms with Crippen LogP contribution in [0.25, 0.3) is 0 Å². The van der Waals surface area contributed by atoms with E-state index < -0.39 is 23.7 Å². The molecule has 1 rings (SSSR count). The maximum Gasteiger partial charge on any atom is 0.435 e. The Morgan fingerprint density at radius 2 is 1.97 bits per heavy atom. The Morgan fingerprint density at radius 1 is 1.30 bits per heavy atom. The highest BCUT2D eigenvalue weighted by Crippen LogP contribution is 2.28. The molecule has 11 heteroatoms. The third kappa shape index (κ3) is 8.32. The number of hydrogen-bond donors (Lipinski definition) is 1. The van der Waals surface area contributed by atoms with Gasteiger partial charge < -0.3 is 10.1 Å². The van der Waals surface area contributed by atoms with Gasteiger partial charge in [0, 0.05) is 13.1 Å². The molecule has 0 aliphatic carbocycles. The molecule has 0 aliphatic heterocycles. The summed E-state index contributed by atoms with van der Waals surface area (Å²) in [7, 11) is 2.57. The lowest BCUT2D eigenvalue weighted by molar-refractivity contribution is -0.141. The fraction of sp³-hybridized carbons (Fsp3) is 0.455. The van der Waals surface area contributed by atoms with Gasteiger partial charge in [0.05, 0.1) is 25.1 Å². The predicted molar refractivity (Wildman–Crippen MR) is 120 cm³/mol. The summed E-state index contributed by atoms with van der Waals surface area (Å²) < 4.78 is 58.7. The molecule has 1 amide bonds. The Bertz CT molecular complexity index is 985. The van der Waals surface area contributed by atoms with Crippen molar-refractivity contribution >= 4 is 17.5 Å². The zero-order chi connectivity index (χ0) is 25.2. The van der Waals surface area contributed by atoms with Gasteiger partial charge in [0.2, 0.25) is 11.8 Å². The first-order valence-electron chi connectivity index (χ1n) is 10.3. The summed E-state index contributed by atoms with van der Waals surface area (Å²) >= 11 is 0. The molecule has 7 nitrogen and oxygen atoms in total. The second-order valence-electron chi connectivity index (χ2n) is 6.84. The Hall–Kier alpha value is -3.24. The van der Waals surface area contributed by atoms with E-state index in [0.29, 0.717) is 24.6 Å². The number of carbonyl (C=O) groups excluding carboxylic acids is 1. The summed E-state index contributed by atoms with van der Waals surface area (Å²) in [5.74, 6) is -1.39. The summed E-state index contributed by atoms with van der Waals surface area (Å²) in [6, 6.07) is 0.658. The van der Waals surface area contributed by atoms with Gasteiger partial charge in [0.1, 0.15) is 5.69 Å². The zero-order valence-electron chi connectivity index (χ0n) is 19.5. The van der Waals surface area contributed by atoms with E-state index >= 15 is 0 Å². The number of aromatic nitrogens is 2. The molecule has 1 N–H and O–H groups in total. The molecule has 0 aromatic carbocycles. The molecule has 182 valence electrons. The molecule has 0 aliphatic rings. The van der Waals surface area contributed by atoms with Crippen LogP contribution >= 0.6 is 0 Å². The van der Waals surface area contributed by atoms with Crippen LogP contribution in [0.1, 0.15) is 56.7 Å². The van der Waals surface area contributed by atoms with E-state index in [2.05, 4.69) is 20.4 Å². The van der Waals surface area contributed by atoms with Crippen molar-refractivity contribution in [1.82, 2.24) is 15.1 Å². The first-order valence-corrected chi connectivity index (χ1v) is 10.3. The minimum absolute atomic E-state index is 0.0569. The second kappa shape index (κ2) is 12.7. The molecule has 1 aromatic rings. The lowest BCUT2D eigenvalue weighted by Gasteiger charge is -2.11. The van der Waals surface area contributed by atoms with Gasteiger partial charge in [-0.1, -0.05) is 19.9 Å². The highest BCUT2D eigenvalue weighted by Gasteiger charge is 2.35. The minimum atomic E-state index is -4.67. The third-order valence-electron chi connectivity index (χ3n) is 4.38. The average Bonchev–Trinajstić information content (AvgIpc) is 3.15. The first kappa shape index (κ1) is 27.8. The maximum atomic E-state index is 14.1. The molecule has 0 unspecified atom stereocenters. The molecular weight excluding hydrogens is 442 g/mol. The molecule has 0 saturated heterocycles. The molecule has 0 atom stereocenters. The van der Waals surface area contributed by atoms with E-state index in [1.54, 1.807) is 32.9 Å². The predicted octanol–water partition coefficient (Wildman–Crippen LogP) is 5.14. The van der Waals surface area contributed by atoms with Crippen LogP contribution in [0, 0.1) is 0 Å². The van der Waals surface area contributed by atoms with Gasteiger partial charge in [-0.2, -0.15) is 22.7 Å². The van der Waals surface area contributed by atoms with Gasteiger partial charge in [0.25, 0.3) is 5.91 Å². The van der Waals surface area contributed by atoms with Crippen LogP contribution in [-0.2, 0) is 18.0 Å². The van der Waals surface area contributed by atoms with Crippen molar-refractivity contribution in [3.8, 4) is 0 Å². The van der Waals surface area contributed by atoms with Crippen molar-refractivity contribution in [3.63, 3.8) is 0 Å². The van der Waals surface area contributed by atoms with Crippen molar-refractivity contribution in [2.45, 2.75) is 46.7 Å². The van der Waals surface area contributed by atoms with E-state index in [0.717, 1.165) is 10.3 Å². The normalized spacial score (nSPS) is 14.5. The van der Waals surface area contributed by atoms with Crippen molar-refractivity contribution in [3.05, 3.63) is 52.9 Å². The van der Waals surface area contributed by atoms with Crippen molar-refractivity contribution in [2.75, 3.05) is 13.7 Å². The monoisotopic (exact) mass is 471 g/mol. The van der Waals surface area contributed by atoms with Crippen LogP contribution in [0.3, 0.4) is 0 Å². The lowest BCUT2D eigenvalue weighted by atomic mass is 10.1. The third-order valence-corrected chi connectivity index (χ3v) is 4.38. The summed E-state index contributed by atoms with van der Waals surface area (Å²) in [5, 5.41) is 5.78. The highest BCUT2D eigenvalue weighted by molar-refractivity contribution is 6.10. The standard InChI is InChI=1S/C22H29F4N5O2/c1-7-10-15(28-18(23)11-8-2)20(14(4)9-3)29-19(33-6)13-27-21(32)16-12-17(22(24,25)26)30-31(16)5/h7,10-12H,8-9,13H2,1-6H3,(H,27,32)/b10-7-,18-11+,20-14?,28-15+,29-19?. The van der Waals surface area contributed by atoms with Crippen LogP contribution in [0.15, 0.2) is 51.5 Å². The second-order valence-corrected chi connectivity index (χ2v) is 6.84. The first-order chi connectivity index (χ1) is 15.5. The Balaban J connectivity index is 3.24. The van der Waals surface area contributed by atoms with E-state index in [9.17, 15) is 22.4 Å². The maximum absolute atomic E-state index is 14.1. The molecular formula is C22H29F4N5O2. The number of nitrogens with one attached hydrogen (secondary N) is 1. The Kier molecular flexibility index (Phi) is 10.7. The summed E-state index contributed by atoms with van der Waals surface area (Å²) in [6.45, 7) is 7.01. The topological polar surface area (TPSA) is 80.9 Å². The van der Waals surface area contributed by atoms with Crippen LogP contribution in [0.2, 0.25) is 0 Å². The fourth-order valence-electron chi connectivity index (χ4n) is 2.54. The van der Waals surface area contributed by atoms with E-state index in [1.807, 2.05) is 6.92 Å². The summed E-state index contributed by atoms with van der Waals surface area (Å²) in [6.07, 6.45) is 0.996. The summed E-state index contributed by atoms with van der Waals surface area (Å²) in [4.78, 5) is 20.8. The Labute approximate surface area is 190 Å². The van der Waals surface area contributed by atoms with E-state index in [1.165, 1.54) is 20.2 Å². The molecule has 0 saturated carbocycles. The fourth-order valence-corrected chi connectivity index (χ4v) is 2.54. The van der Waals surface area contributed by atoms with Gasteiger partial charge >= 0.3 is 6.18 Å². The molecule has 33 heavy (non-hydrogen) atoms. The number of methoxy groups -OCH3 is 1. The van der Waals surface area contributed by atoms with Gasteiger partial charge in [-0.15, -0.1) is 0 Å². The van der Waals surface area contributed by atoms with Crippen LogP contribution < -0.4 is 5.32 Å². The molecule has 0 radical (unpaired) electrons. The molecule has 0 fully saturated rings. The van der Waals surface area contributed by atoms with Gasteiger partial charge in [0.15, 0.2) is 5.69 Å². The number of alkyl halides is 3. The van der Waals surface area contributed by atoms with Crippen LogP contribution in [-0.4, -0.2) is 41.0 Å². The number of halogens is 4. The number of ether oxygens (including phenoxy) is 1. The molecule has 0 bridgehead atoms.